The predicted octanol–water partition coefficient (Wildman–Crippen LogP) is 1.75. The van der Waals surface area contributed by atoms with E-state index in [1.165, 1.54) is 31.5 Å². The number of hydrogen-bond donors (Lipinski definition) is 2. The van der Waals surface area contributed by atoms with Crippen LogP contribution in [-0.4, -0.2) is 36.5 Å². The Labute approximate surface area is 121 Å². The molecule has 1 atom stereocenters. The van der Waals surface area contributed by atoms with E-state index in [0.29, 0.717) is 6.54 Å². The molecule has 4 heteroatoms. The van der Waals surface area contributed by atoms with E-state index < -0.39 is 0 Å². The van der Waals surface area contributed by atoms with Crippen molar-refractivity contribution in [2.45, 2.75) is 38.8 Å². The van der Waals surface area contributed by atoms with Crippen molar-refractivity contribution >= 4 is 5.91 Å². The van der Waals surface area contributed by atoms with Crippen LogP contribution in [0.1, 0.15) is 42.1 Å². The second kappa shape index (κ2) is 7.41. The van der Waals surface area contributed by atoms with Crippen LogP contribution in [0.5, 0.6) is 0 Å². The second-order valence-electron chi connectivity index (χ2n) is 5.71. The quantitative estimate of drug-likeness (QED) is 0.831. The molecule has 0 spiro atoms. The number of nitrogens with one attached hydrogen (secondary N) is 1. The van der Waals surface area contributed by atoms with Crippen molar-refractivity contribution in [3.8, 4) is 0 Å². The lowest BCUT2D eigenvalue weighted by Gasteiger charge is -2.15. The summed E-state index contributed by atoms with van der Waals surface area (Å²) in [6, 6.07) is 8.05. The van der Waals surface area contributed by atoms with E-state index in [9.17, 15) is 4.79 Å². The summed E-state index contributed by atoms with van der Waals surface area (Å²) in [5.74, 6) is -0.00563. The van der Waals surface area contributed by atoms with Crippen molar-refractivity contribution in [3.63, 3.8) is 0 Å². The third-order valence-electron chi connectivity index (χ3n) is 3.68. The zero-order valence-electron chi connectivity index (χ0n) is 12.3. The number of carbonyl (C=O) groups excluding carboxylic acids is 1. The van der Waals surface area contributed by atoms with Crippen LogP contribution in [0.25, 0.3) is 0 Å². The maximum absolute atomic E-state index is 12.1. The number of nitrogens with two attached hydrogens (primary N) is 1. The van der Waals surface area contributed by atoms with Gasteiger partial charge in [0.05, 0.1) is 0 Å². The number of likely N-dealkylation sites (tertiary alicyclic amines) is 1. The fourth-order valence-electron chi connectivity index (χ4n) is 2.53. The maximum atomic E-state index is 12.1. The van der Waals surface area contributed by atoms with Crippen molar-refractivity contribution in [2.75, 3.05) is 19.6 Å². The summed E-state index contributed by atoms with van der Waals surface area (Å²) >= 11 is 0. The average molecular weight is 275 g/mol. The molecular formula is C16H25N3O. The molecule has 1 heterocycles. The molecule has 1 saturated heterocycles. The summed E-state index contributed by atoms with van der Waals surface area (Å²) in [4.78, 5) is 14.5. The Morgan fingerprint density at radius 1 is 1.40 bits per heavy atom. The number of benzene rings is 1. The first-order valence-electron chi connectivity index (χ1n) is 7.50. The lowest BCUT2D eigenvalue weighted by atomic mass is 10.1. The van der Waals surface area contributed by atoms with E-state index in [1.807, 2.05) is 25.1 Å². The molecule has 0 saturated carbocycles. The van der Waals surface area contributed by atoms with Crippen LogP contribution in [-0.2, 0) is 6.54 Å². The topological polar surface area (TPSA) is 58.4 Å². The first-order chi connectivity index (χ1) is 9.65. The van der Waals surface area contributed by atoms with Crippen molar-refractivity contribution in [3.05, 3.63) is 35.4 Å². The first-order valence-corrected chi connectivity index (χ1v) is 7.50. The van der Waals surface area contributed by atoms with Crippen LogP contribution in [0.2, 0.25) is 0 Å². The Hall–Kier alpha value is -1.39. The monoisotopic (exact) mass is 275 g/mol. The molecule has 110 valence electrons. The van der Waals surface area contributed by atoms with Gasteiger partial charge in [0.25, 0.3) is 5.91 Å². The van der Waals surface area contributed by atoms with Gasteiger partial charge < -0.3 is 11.1 Å². The van der Waals surface area contributed by atoms with Crippen molar-refractivity contribution in [2.24, 2.45) is 5.73 Å². The van der Waals surface area contributed by atoms with E-state index in [4.69, 9.17) is 5.73 Å². The molecule has 2 rings (SSSR count). The second-order valence-corrected chi connectivity index (χ2v) is 5.71. The molecule has 0 aromatic heterocycles. The number of hydrogen-bond acceptors (Lipinski definition) is 3. The third-order valence-corrected chi connectivity index (χ3v) is 3.68. The molecule has 0 radical (unpaired) electrons. The molecule has 1 aliphatic rings. The van der Waals surface area contributed by atoms with Gasteiger partial charge in [-0.3, -0.25) is 9.69 Å². The Kier molecular flexibility index (Phi) is 5.56. The lowest BCUT2D eigenvalue weighted by Crippen LogP contribution is -2.29. The van der Waals surface area contributed by atoms with Crippen LogP contribution >= 0.6 is 0 Å². The normalized spacial score (nSPS) is 17.1. The van der Waals surface area contributed by atoms with Gasteiger partial charge in [-0.1, -0.05) is 12.1 Å². The molecule has 1 fully saturated rings. The summed E-state index contributed by atoms with van der Waals surface area (Å²) in [7, 11) is 0. The highest BCUT2D eigenvalue weighted by molar-refractivity contribution is 5.94. The van der Waals surface area contributed by atoms with Crippen LogP contribution in [0.15, 0.2) is 24.3 Å². The minimum Gasteiger partial charge on any atom is -0.352 e. The molecular weight excluding hydrogens is 250 g/mol. The van der Waals surface area contributed by atoms with Gasteiger partial charge in [0, 0.05) is 24.7 Å². The molecule has 4 nitrogen and oxygen atoms in total. The highest BCUT2D eigenvalue weighted by Crippen LogP contribution is 2.13. The van der Waals surface area contributed by atoms with Gasteiger partial charge in [-0.15, -0.1) is 0 Å². The molecule has 20 heavy (non-hydrogen) atoms. The third kappa shape index (κ3) is 4.62. The number of carbonyl (C=O) groups is 1. The zero-order chi connectivity index (χ0) is 14.4. The Morgan fingerprint density at radius 2 is 2.15 bits per heavy atom. The standard InChI is InChI=1S/C16H25N3O/c1-13(17)7-8-18-16(20)15-6-4-5-14(11-15)12-19-9-2-3-10-19/h4-6,11,13H,2-3,7-10,12,17H2,1H3,(H,18,20). The predicted molar refractivity (Wildman–Crippen MR) is 81.6 cm³/mol. The van der Waals surface area contributed by atoms with Crippen molar-refractivity contribution < 1.29 is 4.79 Å². The average Bonchev–Trinajstić information content (AvgIpc) is 2.91. The lowest BCUT2D eigenvalue weighted by molar-refractivity contribution is 0.0952. The van der Waals surface area contributed by atoms with Gasteiger partial charge in [-0.25, -0.2) is 0 Å². The molecule has 1 aromatic carbocycles. The molecule has 0 bridgehead atoms. The molecule has 1 aliphatic heterocycles. The molecule has 1 amide bonds. The highest BCUT2D eigenvalue weighted by atomic mass is 16.1. The number of amides is 1. The largest absolute Gasteiger partial charge is 0.352 e. The maximum Gasteiger partial charge on any atom is 0.251 e. The van der Waals surface area contributed by atoms with Gasteiger partial charge in [0.15, 0.2) is 0 Å². The van der Waals surface area contributed by atoms with Crippen LogP contribution < -0.4 is 11.1 Å². The number of nitrogens with zero attached hydrogens (tertiary/aromatic N) is 1. The first kappa shape index (κ1) is 15.0. The Bertz CT molecular complexity index is 439. The SMILES string of the molecule is CC(N)CCNC(=O)c1cccc(CN2CCCC2)c1. The van der Waals surface area contributed by atoms with Crippen LogP contribution in [0, 0.1) is 0 Å². The molecule has 1 unspecified atom stereocenters. The minimum absolute atomic E-state index is 0.00563. The molecule has 1 aromatic rings. The fourth-order valence-corrected chi connectivity index (χ4v) is 2.53. The van der Waals surface area contributed by atoms with E-state index in [1.54, 1.807) is 0 Å². The van der Waals surface area contributed by atoms with Gasteiger partial charge in [-0.05, 0) is 57.0 Å². The summed E-state index contributed by atoms with van der Waals surface area (Å²) in [6.45, 7) is 5.87. The summed E-state index contributed by atoms with van der Waals surface area (Å²) in [6.07, 6.45) is 3.38. The Balaban J connectivity index is 1.89. The summed E-state index contributed by atoms with van der Waals surface area (Å²) in [5.41, 5.74) is 7.63. The van der Waals surface area contributed by atoms with Crippen LogP contribution in [0.3, 0.4) is 0 Å². The summed E-state index contributed by atoms with van der Waals surface area (Å²) < 4.78 is 0. The van der Waals surface area contributed by atoms with Crippen molar-refractivity contribution in [1.29, 1.82) is 0 Å². The summed E-state index contributed by atoms with van der Waals surface area (Å²) in [5, 5.41) is 2.92. The van der Waals surface area contributed by atoms with E-state index in [-0.39, 0.29) is 11.9 Å². The van der Waals surface area contributed by atoms with Crippen LogP contribution in [0.4, 0.5) is 0 Å². The molecule has 0 aliphatic carbocycles. The van der Waals surface area contributed by atoms with Crippen molar-refractivity contribution in [1.82, 2.24) is 10.2 Å². The van der Waals surface area contributed by atoms with Gasteiger partial charge in [-0.2, -0.15) is 0 Å². The minimum atomic E-state index is -0.00563. The van der Waals surface area contributed by atoms with E-state index in [2.05, 4.69) is 16.3 Å². The highest BCUT2D eigenvalue weighted by Gasteiger charge is 2.12. The Morgan fingerprint density at radius 3 is 2.85 bits per heavy atom. The van der Waals surface area contributed by atoms with Gasteiger partial charge in [0.2, 0.25) is 0 Å². The number of rotatable bonds is 6. The molecule has 3 N–H and O–H groups in total. The van der Waals surface area contributed by atoms with Gasteiger partial charge >= 0.3 is 0 Å². The van der Waals surface area contributed by atoms with E-state index in [0.717, 1.165) is 18.5 Å². The van der Waals surface area contributed by atoms with Gasteiger partial charge in [0.1, 0.15) is 0 Å². The zero-order valence-corrected chi connectivity index (χ0v) is 12.3. The smallest absolute Gasteiger partial charge is 0.251 e. The van der Waals surface area contributed by atoms with E-state index >= 15 is 0 Å². The fraction of sp³-hybridized carbons (Fsp3) is 0.562.